The number of nitrogens with zero attached hydrogens (tertiary/aromatic N) is 1. The Balaban J connectivity index is 2.29. The summed E-state index contributed by atoms with van der Waals surface area (Å²) in [7, 11) is -3.82. The van der Waals surface area contributed by atoms with Crippen LogP contribution in [-0.4, -0.2) is 31.2 Å². The van der Waals surface area contributed by atoms with Gasteiger partial charge in [-0.3, -0.25) is 0 Å². The fraction of sp³-hybridized carbons (Fsp3) is 0.500. The van der Waals surface area contributed by atoms with E-state index in [0.29, 0.717) is 19.0 Å². The van der Waals surface area contributed by atoms with Crippen molar-refractivity contribution in [3.63, 3.8) is 0 Å². The molecule has 0 amide bonds. The van der Waals surface area contributed by atoms with Gasteiger partial charge in [-0.05, 0) is 30.5 Å². The Kier molecular flexibility index (Phi) is 4.13. The second-order valence-corrected chi connectivity index (χ2v) is 7.22. The predicted molar refractivity (Wildman–Crippen MR) is 68.5 cm³/mol. The molecule has 0 N–H and O–H groups in total. The molecular weight excluding hydrogens is 296 g/mol. The van der Waals surface area contributed by atoms with Crippen LogP contribution in [0.5, 0.6) is 0 Å². The minimum Gasteiger partial charge on any atom is -0.207 e. The molecule has 0 spiro atoms. The minimum absolute atomic E-state index is 0.185. The lowest BCUT2D eigenvalue weighted by molar-refractivity contribution is 0.293. The average molecular weight is 310 g/mol. The van der Waals surface area contributed by atoms with Crippen LogP contribution >= 0.6 is 11.6 Å². The molecule has 3 nitrogen and oxygen atoms in total. The third-order valence-corrected chi connectivity index (χ3v) is 5.79. The van der Waals surface area contributed by atoms with Crippen LogP contribution in [0.1, 0.15) is 13.3 Å². The van der Waals surface area contributed by atoms with Crippen molar-refractivity contribution in [1.82, 2.24) is 4.31 Å². The fourth-order valence-corrected chi connectivity index (χ4v) is 3.87. The number of alkyl halides is 1. The lowest BCUT2D eigenvalue weighted by atomic mass is 10.0. The smallest absolute Gasteiger partial charge is 0.207 e. The Labute approximate surface area is 116 Å². The van der Waals surface area contributed by atoms with Crippen LogP contribution < -0.4 is 0 Å². The third-order valence-electron chi connectivity index (χ3n) is 3.36. The molecule has 2 rings (SSSR count). The molecule has 1 aromatic rings. The minimum atomic E-state index is -3.82. The van der Waals surface area contributed by atoms with Gasteiger partial charge in [0.1, 0.15) is 0 Å². The normalized spacial score (nSPS) is 25.5. The maximum Gasteiger partial charge on any atom is 0.243 e. The number of halogens is 3. The molecule has 0 saturated carbocycles. The highest BCUT2D eigenvalue weighted by Crippen LogP contribution is 2.27. The van der Waals surface area contributed by atoms with Crippen LogP contribution in [0, 0.1) is 17.6 Å². The summed E-state index contributed by atoms with van der Waals surface area (Å²) in [4.78, 5) is -0.246. The van der Waals surface area contributed by atoms with E-state index in [1.807, 2.05) is 6.92 Å². The van der Waals surface area contributed by atoms with Crippen molar-refractivity contribution in [2.75, 3.05) is 13.1 Å². The molecule has 0 aliphatic carbocycles. The SMILES string of the molecule is CC1CCN(S(=O)(=O)c2ccc(F)c(F)c2)CC1Cl. The Hall–Kier alpha value is -0.720. The number of sulfonamides is 1. The van der Waals surface area contributed by atoms with Gasteiger partial charge in [-0.1, -0.05) is 6.92 Å². The fourth-order valence-electron chi connectivity index (χ4n) is 2.00. The highest BCUT2D eigenvalue weighted by atomic mass is 35.5. The molecule has 106 valence electrons. The lowest BCUT2D eigenvalue weighted by Crippen LogP contribution is -2.43. The number of piperidine rings is 1. The van der Waals surface area contributed by atoms with Crippen molar-refractivity contribution in [2.24, 2.45) is 5.92 Å². The van der Waals surface area contributed by atoms with Crippen molar-refractivity contribution in [3.05, 3.63) is 29.8 Å². The van der Waals surface area contributed by atoms with Gasteiger partial charge in [0.25, 0.3) is 0 Å². The van der Waals surface area contributed by atoms with Crippen molar-refractivity contribution >= 4 is 21.6 Å². The van der Waals surface area contributed by atoms with E-state index in [2.05, 4.69) is 0 Å². The quantitative estimate of drug-likeness (QED) is 0.788. The van der Waals surface area contributed by atoms with E-state index < -0.39 is 21.7 Å². The van der Waals surface area contributed by atoms with E-state index in [1.54, 1.807) is 0 Å². The van der Waals surface area contributed by atoms with Gasteiger partial charge in [0.2, 0.25) is 10.0 Å². The Morgan fingerprint density at radius 1 is 1.32 bits per heavy atom. The first-order valence-electron chi connectivity index (χ1n) is 5.91. The van der Waals surface area contributed by atoms with Crippen LogP contribution in [0.15, 0.2) is 23.1 Å². The molecule has 1 aliphatic heterocycles. The maximum atomic E-state index is 13.1. The largest absolute Gasteiger partial charge is 0.243 e. The van der Waals surface area contributed by atoms with Gasteiger partial charge >= 0.3 is 0 Å². The van der Waals surface area contributed by atoms with Crippen LogP contribution in [0.4, 0.5) is 8.78 Å². The summed E-state index contributed by atoms with van der Waals surface area (Å²) in [5.41, 5.74) is 0. The lowest BCUT2D eigenvalue weighted by Gasteiger charge is -2.33. The van der Waals surface area contributed by atoms with Gasteiger partial charge in [0, 0.05) is 18.5 Å². The standard InChI is InChI=1S/C12H14ClF2NO2S/c1-8-4-5-16(7-10(8)13)19(17,18)9-2-3-11(14)12(15)6-9/h2-3,6,8,10H,4-5,7H2,1H3. The molecular formula is C12H14ClF2NO2S. The molecule has 1 saturated heterocycles. The van der Waals surface area contributed by atoms with E-state index in [9.17, 15) is 17.2 Å². The molecule has 19 heavy (non-hydrogen) atoms. The second kappa shape index (κ2) is 5.34. The van der Waals surface area contributed by atoms with Crippen LogP contribution in [-0.2, 0) is 10.0 Å². The molecule has 1 heterocycles. The Morgan fingerprint density at radius 2 is 2.00 bits per heavy atom. The summed E-state index contributed by atoms with van der Waals surface area (Å²) in [5.74, 6) is -2.01. The van der Waals surface area contributed by atoms with Crippen LogP contribution in [0.2, 0.25) is 0 Å². The van der Waals surface area contributed by atoms with Gasteiger partial charge in [0.15, 0.2) is 11.6 Å². The van der Waals surface area contributed by atoms with Gasteiger partial charge in [-0.25, -0.2) is 17.2 Å². The van der Waals surface area contributed by atoms with E-state index in [-0.39, 0.29) is 22.7 Å². The van der Waals surface area contributed by atoms with Crippen molar-refractivity contribution in [3.8, 4) is 0 Å². The topological polar surface area (TPSA) is 37.4 Å². The highest BCUT2D eigenvalue weighted by molar-refractivity contribution is 7.89. The van der Waals surface area contributed by atoms with Gasteiger partial charge < -0.3 is 0 Å². The molecule has 0 radical (unpaired) electrons. The molecule has 7 heteroatoms. The van der Waals surface area contributed by atoms with Crippen LogP contribution in [0.3, 0.4) is 0 Å². The Morgan fingerprint density at radius 3 is 2.58 bits per heavy atom. The molecule has 1 aromatic carbocycles. The van der Waals surface area contributed by atoms with E-state index in [1.165, 1.54) is 4.31 Å². The summed E-state index contributed by atoms with van der Waals surface area (Å²) in [6, 6.07) is 2.58. The van der Waals surface area contributed by atoms with Crippen molar-refractivity contribution < 1.29 is 17.2 Å². The first-order chi connectivity index (χ1) is 8.82. The zero-order chi connectivity index (χ0) is 14.2. The molecule has 2 atom stereocenters. The van der Waals surface area contributed by atoms with Crippen molar-refractivity contribution in [2.45, 2.75) is 23.6 Å². The van der Waals surface area contributed by atoms with E-state index in [0.717, 1.165) is 12.1 Å². The monoisotopic (exact) mass is 309 g/mol. The molecule has 0 bridgehead atoms. The molecule has 1 fully saturated rings. The van der Waals surface area contributed by atoms with Gasteiger partial charge in [-0.15, -0.1) is 11.6 Å². The zero-order valence-electron chi connectivity index (χ0n) is 10.3. The second-order valence-electron chi connectivity index (χ2n) is 4.72. The van der Waals surface area contributed by atoms with Crippen molar-refractivity contribution in [1.29, 1.82) is 0 Å². The first kappa shape index (κ1) is 14.7. The third kappa shape index (κ3) is 2.90. The summed E-state index contributed by atoms with van der Waals surface area (Å²) in [6.45, 7) is 2.48. The average Bonchev–Trinajstić information content (AvgIpc) is 2.35. The maximum absolute atomic E-state index is 13.1. The Bertz CT molecular complexity index is 579. The number of hydrogen-bond acceptors (Lipinski definition) is 2. The first-order valence-corrected chi connectivity index (χ1v) is 7.79. The molecule has 1 aliphatic rings. The predicted octanol–water partition coefficient (Wildman–Crippen LogP) is 2.60. The summed E-state index contributed by atoms with van der Waals surface area (Å²) >= 11 is 6.07. The van der Waals surface area contributed by atoms with Crippen LogP contribution in [0.25, 0.3) is 0 Å². The van der Waals surface area contributed by atoms with Gasteiger partial charge in [0.05, 0.1) is 4.90 Å². The highest BCUT2D eigenvalue weighted by Gasteiger charge is 2.33. The zero-order valence-corrected chi connectivity index (χ0v) is 11.9. The number of hydrogen-bond donors (Lipinski definition) is 0. The van der Waals surface area contributed by atoms with E-state index in [4.69, 9.17) is 11.6 Å². The molecule has 2 unspecified atom stereocenters. The van der Waals surface area contributed by atoms with E-state index >= 15 is 0 Å². The number of benzene rings is 1. The van der Waals surface area contributed by atoms with Gasteiger partial charge in [-0.2, -0.15) is 4.31 Å². The summed E-state index contributed by atoms with van der Waals surface area (Å²) < 4.78 is 51.8. The summed E-state index contributed by atoms with van der Waals surface area (Å²) in [6.07, 6.45) is 0.650. The molecule has 0 aromatic heterocycles. The summed E-state index contributed by atoms with van der Waals surface area (Å²) in [5, 5.41) is -0.270. The number of rotatable bonds is 2.